The molecular formula is C35H40N4O7. The third kappa shape index (κ3) is 9.98. The number of hydrogen-bond donors (Lipinski definition) is 3. The van der Waals surface area contributed by atoms with Crippen LogP contribution in [0.4, 0.5) is 16.2 Å². The summed E-state index contributed by atoms with van der Waals surface area (Å²) < 4.78 is 5.30. The summed E-state index contributed by atoms with van der Waals surface area (Å²) in [7, 11) is 0. The minimum absolute atomic E-state index is 0.0407. The van der Waals surface area contributed by atoms with Gasteiger partial charge in [0.05, 0.1) is 4.92 Å². The van der Waals surface area contributed by atoms with Gasteiger partial charge in [0.25, 0.3) is 5.69 Å². The van der Waals surface area contributed by atoms with Crippen molar-refractivity contribution in [3.8, 4) is 0 Å². The Labute approximate surface area is 268 Å². The van der Waals surface area contributed by atoms with Gasteiger partial charge < -0.3 is 20.7 Å². The third-order valence-corrected chi connectivity index (χ3v) is 7.80. The van der Waals surface area contributed by atoms with Crippen LogP contribution in [-0.4, -0.2) is 46.8 Å². The van der Waals surface area contributed by atoms with Gasteiger partial charge in [-0.1, -0.05) is 42.5 Å². The van der Waals surface area contributed by atoms with E-state index in [4.69, 9.17) is 4.74 Å². The molecule has 0 radical (unpaired) electrons. The monoisotopic (exact) mass is 628 g/mol. The fraction of sp³-hybridized carbons (Fsp3) is 0.371. The van der Waals surface area contributed by atoms with Gasteiger partial charge in [0.2, 0.25) is 11.8 Å². The molecule has 1 atom stereocenters. The number of nitro benzene ring substituents is 1. The molecular weight excluding hydrogens is 588 g/mol. The number of carbonyl (C=O) groups is 4. The quantitative estimate of drug-likeness (QED) is 0.137. The lowest BCUT2D eigenvalue weighted by Crippen LogP contribution is -2.48. The highest BCUT2D eigenvalue weighted by atomic mass is 16.6. The maximum Gasteiger partial charge on any atom is 0.407 e. The summed E-state index contributed by atoms with van der Waals surface area (Å²) in [4.78, 5) is 62.5. The van der Waals surface area contributed by atoms with Gasteiger partial charge in [-0.15, -0.1) is 0 Å². The molecule has 0 saturated heterocycles. The van der Waals surface area contributed by atoms with Crippen LogP contribution in [0.1, 0.15) is 67.9 Å². The van der Waals surface area contributed by atoms with Gasteiger partial charge in [0, 0.05) is 47.8 Å². The minimum atomic E-state index is -1.01. The second-order valence-corrected chi connectivity index (χ2v) is 12.6. The van der Waals surface area contributed by atoms with Crippen molar-refractivity contribution in [1.82, 2.24) is 10.6 Å². The zero-order chi connectivity index (χ0) is 33.3. The van der Waals surface area contributed by atoms with E-state index in [0.717, 1.165) is 12.8 Å². The Hall–Kier alpha value is -5.06. The highest BCUT2D eigenvalue weighted by Gasteiger charge is 2.30. The van der Waals surface area contributed by atoms with Crippen LogP contribution in [-0.2, 0) is 20.7 Å². The summed E-state index contributed by atoms with van der Waals surface area (Å²) in [5, 5.41) is 19.8. The maximum atomic E-state index is 13.5. The average molecular weight is 629 g/mol. The molecule has 1 unspecified atom stereocenters. The van der Waals surface area contributed by atoms with Crippen LogP contribution in [0.25, 0.3) is 0 Å². The van der Waals surface area contributed by atoms with Gasteiger partial charge in [-0.2, -0.15) is 0 Å². The van der Waals surface area contributed by atoms with Gasteiger partial charge in [-0.05, 0) is 82.2 Å². The smallest absolute Gasteiger partial charge is 0.407 e. The minimum Gasteiger partial charge on any atom is -0.444 e. The lowest BCUT2D eigenvalue weighted by molar-refractivity contribution is -0.384. The Morgan fingerprint density at radius 1 is 0.891 bits per heavy atom. The van der Waals surface area contributed by atoms with Gasteiger partial charge >= 0.3 is 6.09 Å². The number of carbonyl (C=O) groups excluding carboxylic acids is 4. The topological polar surface area (TPSA) is 157 Å². The van der Waals surface area contributed by atoms with Crippen molar-refractivity contribution in [1.29, 1.82) is 0 Å². The molecule has 3 aromatic carbocycles. The zero-order valence-corrected chi connectivity index (χ0v) is 26.3. The molecule has 0 aromatic heterocycles. The van der Waals surface area contributed by atoms with Crippen molar-refractivity contribution in [3.63, 3.8) is 0 Å². The van der Waals surface area contributed by atoms with Crippen LogP contribution >= 0.6 is 0 Å². The number of alkyl carbamates (subject to hydrolysis) is 1. The molecule has 11 nitrogen and oxygen atoms in total. The first-order valence-corrected chi connectivity index (χ1v) is 15.4. The normalized spacial score (nSPS) is 16.8. The number of nitrogens with zero attached hydrogens (tertiary/aromatic N) is 1. The van der Waals surface area contributed by atoms with E-state index in [-0.39, 0.29) is 35.6 Å². The van der Waals surface area contributed by atoms with Crippen molar-refractivity contribution in [2.45, 2.75) is 64.5 Å². The first kappa shape index (κ1) is 33.8. The van der Waals surface area contributed by atoms with Gasteiger partial charge in [0.1, 0.15) is 11.6 Å². The number of hydrogen-bond acceptors (Lipinski definition) is 7. The zero-order valence-electron chi connectivity index (χ0n) is 26.3. The molecule has 0 spiro atoms. The van der Waals surface area contributed by atoms with Crippen LogP contribution in [0.3, 0.4) is 0 Å². The Morgan fingerprint density at radius 3 is 2.17 bits per heavy atom. The van der Waals surface area contributed by atoms with E-state index in [1.54, 1.807) is 81.4 Å². The molecule has 1 saturated carbocycles. The second kappa shape index (κ2) is 15.3. The van der Waals surface area contributed by atoms with E-state index in [1.807, 2.05) is 6.07 Å². The van der Waals surface area contributed by atoms with Crippen LogP contribution in [0.15, 0.2) is 78.9 Å². The average Bonchev–Trinajstić information content (AvgIpc) is 3.03. The third-order valence-electron chi connectivity index (χ3n) is 7.80. The molecule has 46 heavy (non-hydrogen) atoms. The molecule has 0 bridgehead atoms. The standard InChI is InChI=1S/C35H40N4O7/c1-35(2,3)46-34(43)36-22-23-12-14-27(15-13-23)32(41)38-30(21-24-8-7-11-29(20-24)39(44)45)33(42)37-28-18-16-26(17-19-28)31(40)25-9-5-4-6-10-25/h4-11,16-20,23,27,30H,12-15,21-22H2,1-3H3,(H,36,43)(H,37,42)(H,38,41). The Bertz CT molecular complexity index is 1540. The predicted molar refractivity (Wildman–Crippen MR) is 173 cm³/mol. The molecule has 242 valence electrons. The molecule has 0 heterocycles. The Kier molecular flexibility index (Phi) is 11.2. The molecule has 1 aliphatic carbocycles. The van der Waals surface area contributed by atoms with Crippen molar-refractivity contribution in [2.75, 3.05) is 11.9 Å². The van der Waals surface area contributed by atoms with Gasteiger partial charge in [-0.25, -0.2) is 4.79 Å². The second-order valence-electron chi connectivity index (χ2n) is 12.6. The molecule has 1 fully saturated rings. The van der Waals surface area contributed by atoms with Gasteiger partial charge in [0.15, 0.2) is 5.78 Å². The van der Waals surface area contributed by atoms with E-state index < -0.39 is 28.6 Å². The van der Waals surface area contributed by atoms with Gasteiger partial charge in [-0.3, -0.25) is 24.5 Å². The molecule has 4 rings (SSSR count). The SMILES string of the molecule is CC(C)(C)OC(=O)NCC1CCC(C(=O)NC(Cc2cccc([N+](=O)[O-])c2)C(=O)Nc2ccc(C(=O)c3ccccc3)cc2)CC1. The van der Waals surface area contributed by atoms with E-state index in [2.05, 4.69) is 16.0 Å². The first-order valence-electron chi connectivity index (χ1n) is 15.4. The number of nitrogens with one attached hydrogen (secondary N) is 3. The van der Waals surface area contributed by atoms with E-state index in [0.29, 0.717) is 41.8 Å². The molecule has 3 N–H and O–H groups in total. The van der Waals surface area contributed by atoms with Crippen molar-refractivity contribution < 1.29 is 28.8 Å². The summed E-state index contributed by atoms with van der Waals surface area (Å²) >= 11 is 0. The Balaban J connectivity index is 1.40. The fourth-order valence-corrected chi connectivity index (χ4v) is 5.39. The van der Waals surface area contributed by atoms with E-state index >= 15 is 0 Å². The number of non-ortho nitro benzene ring substituents is 1. The number of ketones is 1. The molecule has 11 heteroatoms. The number of ether oxygens (including phenoxy) is 1. The van der Waals surface area contributed by atoms with Crippen LogP contribution in [0, 0.1) is 22.0 Å². The number of nitro groups is 1. The summed E-state index contributed by atoms with van der Waals surface area (Å²) in [6.07, 6.45) is 2.20. The summed E-state index contributed by atoms with van der Waals surface area (Å²) in [5.41, 5.74) is 1.27. The summed E-state index contributed by atoms with van der Waals surface area (Å²) in [6, 6.07) is 20.3. The lowest BCUT2D eigenvalue weighted by Gasteiger charge is -2.29. The fourth-order valence-electron chi connectivity index (χ4n) is 5.39. The molecule has 1 aliphatic rings. The number of benzene rings is 3. The highest BCUT2D eigenvalue weighted by Crippen LogP contribution is 2.29. The van der Waals surface area contributed by atoms with Crippen molar-refractivity contribution in [2.24, 2.45) is 11.8 Å². The number of amides is 3. The predicted octanol–water partition coefficient (Wildman–Crippen LogP) is 5.82. The maximum absolute atomic E-state index is 13.5. The highest BCUT2D eigenvalue weighted by molar-refractivity contribution is 6.09. The molecule has 3 aromatic rings. The van der Waals surface area contributed by atoms with Crippen LogP contribution < -0.4 is 16.0 Å². The van der Waals surface area contributed by atoms with Crippen LogP contribution in [0.5, 0.6) is 0 Å². The van der Waals surface area contributed by atoms with E-state index in [9.17, 15) is 29.3 Å². The Morgan fingerprint density at radius 2 is 1.54 bits per heavy atom. The van der Waals surface area contributed by atoms with E-state index in [1.165, 1.54) is 12.1 Å². The largest absolute Gasteiger partial charge is 0.444 e. The van der Waals surface area contributed by atoms with Crippen LogP contribution in [0.2, 0.25) is 0 Å². The molecule has 0 aliphatic heterocycles. The van der Waals surface area contributed by atoms with Crippen molar-refractivity contribution in [3.05, 3.63) is 106 Å². The molecule has 3 amide bonds. The number of anilines is 1. The van der Waals surface area contributed by atoms with Crippen molar-refractivity contribution >= 4 is 35.1 Å². The lowest BCUT2D eigenvalue weighted by atomic mass is 9.81. The first-order chi connectivity index (χ1) is 21.9. The summed E-state index contributed by atoms with van der Waals surface area (Å²) in [5.74, 6) is -1.02. The summed E-state index contributed by atoms with van der Waals surface area (Å²) in [6.45, 7) is 5.85. The number of rotatable bonds is 11.